The van der Waals surface area contributed by atoms with E-state index in [1.54, 1.807) is 0 Å². The Balaban J connectivity index is 1.57. The molecule has 0 bridgehead atoms. The van der Waals surface area contributed by atoms with Gasteiger partial charge in [0.05, 0.1) is 17.8 Å². The second-order valence-electron chi connectivity index (χ2n) is 4.99. The molecule has 22 heavy (non-hydrogen) atoms. The highest BCUT2D eigenvalue weighted by Gasteiger charge is 2.18. The summed E-state index contributed by atoms with van der Waals surface area (Å²) in [7, 11) is 1.33. The number of hydrogen-bond donors (Lipinski definition) is 1. The van der Waals surface area contributed by atoms with Crippen molar-refractivity contribution in [1.82, 2.24) is 9.97 Å². The third-order valence-corrected chi connectivity index (χ3v) is 6.06. The van der Waals surface area contributed by atoms with E-state index in [0.29, 0.717) is 10.0 Å². The van der Waals surface area contributed by atoms with Gasteiger partial charge in [0.15, 0.2) is 15.2 Å². The third-order valence-electron chi connectivity index (χ3n) is 3.46. The summed E-state index contributed by atoms with van der Waals surface area (Å²) in [5.74, 6) is -0.455. The molecule has 0 radical (unpaired) electrons. The van der Waals surface area contributed by atoms with Crippen molar-refractivity contribution < 1.29 is 9.53 Å². The van der Waals surface area contributed by atoms with Crippen LogP contribution in [-0.4, -0.2) is 29.6 Å². The second-order valence-corrected chi connectivity index (χ2v) is 7.52. The molecule has 0 unspecified atom stereocenters. The fourth-order valence-corrected chi connectivity index (χ4v) is 4.67. The van der Waals surface area contributed by atoms with Crippen LogP contribution in [0.1, 0.15) is 38.1 Å². The molecule has 0 saturated heterocycles. The van der Waals surface area contributed by atoms with Gasteiger partial charge in [0.25, 0.3) is 0 Å². The standard InChI is InChI=1S/C14H16ClN3O2S2/c1-20-13(19)11-12(15)18-14(22-11)16-7-6-10-17-8-4-2-3-5-9(8)21-10/h2-7H2,1H3,(H,16,18). The third kappa shape index (κ3) is 3.42. The van der Waals surface area contributed by atoms with Crippen LogP contribution in [0.15, 0.2) is 0 Å². The second kappa shape index (κ2) is 6.93. The minimum absolute atomic E-state index is 0.184. The molecular weight excluding hydrogens is 342 g/mol. The number of halogens is 1. The van der Waals surface area contributed by atoms with Gasteiger partial charge in [0.2, 0.25) is 0 Å². The predicted molar refractivity (Wildman–Crippen MR) is 89.4 cm³/mol. The highest BCUT2D eigenvalue weighted by molar-refractivity contribution is 7.18. The highest BCUT2D eigenvalue weighted by Crippen LogP contribution is 2.29. The lowest BCUT2D eigenvalue weighted by atomic mass is 10.0. The van der Waals surface area contributed by atoms with Crippen molar-refractivity contribution >= 4 is 45.4 Å². The van der Waals surface area contributed by atoms with Crippen molar-refractivity contribution in [2.24, 2.45) is 0 Å². The van der Waals surface area contributed by atoms with Gasteiger partial charge in [-0.25, -0.2) is 14.8 Å². The molecule has 1 aliphatic carbocycles. The molecule has 2 aromatic rings. The van der Waals surface area contributed by atoms with Crippen LogP contribution >= 0.6 is 34.3 Å². The van der Waals surface area contributed by atoms with E-state index >= 15 is 0 Å². The summed E-state index contributed by atoms with van der Waals surface area (Å²) in [5.41, 5.74) is 1.29. The fourth-order valence-electron chi connectivity index (χ4n) is 2.38. The number of esters is 1. The quantitative estimate of drug-likeness (QED) is 0.829. The van der Waals surface area contributed by atoms with Crippen LogP contribution in [0.25, 0.3) is 0 Å². The van der Waals surface area contributed by atoms with Crippen LogP contribution in [0.4, 0.5) is 5.13 Å². The molecule has 1 aliphatic rings. The van der Waals surface area contributed by atoms with E-state index in [9.17, 15) is 4.79 Å². The van der Waals surface area contributed by atoms with E-state index in [1.165, 1.54) is 48.3 Å². The minimum atomic E-state index is -0.455. The van der Waals surface area contributed by atoms with E-state index in [0.717, 1.165) is 24.4 Å². The Labute approximate surface area is 141 Å². The monoisotopic (exact) mass is 357 g/mol. The van der Waals surface area contributed by atoms with Crippen LogP contribution in [0, 0.1) is 0 Å². The normalized spacial score (nSPS) is 13.7. The molecule has 0 spiro atoms. The van der Waals surface area contributed by atoms with Gasteiger partial charge >= 0.3 is 5.97 Å². The zero-order valence-electron chi connectivity index (χ0n) is 12.1. The molecule has 3 rings (SSSR count). The van der Waals surface area contributed by atoms with Crippen molar-refractivity contribution in [2.75, 3.05) is 19.0 Å². The van der Waals surface area contributed by atoms with Crippen molar-refractivity contribution in [3.8, 4) is 0 Å². The molecule has 118 valence electrons. The summed E-state index contributed by atoms with van der Waals surface area (Å²) in [6.45, 7) is 0.719. The Morgan fingerprint density at radius 1 is 1.32 bits per heavy atom. The number of thiazole rings is 2. The number of carbonyl (C=O) groups is 1. The number of carbonyl (C=O) groups excluding carboxylic acids is 1. The number of aromatic nitrogens is 2. The molecule has 0 aromatic carbocycles. The summed E-state index contributed by atoms with van der Waals surface area (Å²) in [6, 6.07) is 0. The molecule has 5 nitrogen and oxygen atoms in total. The zero-order valence-corrected chi connectivity index (χ0v) is 14.5. The summed E-state index contributed by atoms with van der Waals surface area (Å²) >= 11 is 8.96. The van der Waals surface area contributed by atoms with E-state index < -0.39 is 5.97 Å². The molecule has 1 N–H and O–H groups in total. The Morgan fingerprint density at radius 3 is 2.91 bits per heavy atom. The van der Waals surface area contributed by atoms with Crippen LogP contribution < -0.4 is 5.32 Å². The maximum Gasteiger partial charge on any atom is 0.351 e. The van der Waals surface area contributed by atoms with Crippen LogP contribution in [0.2, 0.25) is 5.15 Å². The van der Waals surface area contributed by atoms with E-state index in [-0.39, 0.29) is 5.15 Å². The summed E-state index contributed by atoms with van der Waals surface area (Å²) in [5, 5.41) is 5.17. The lowest BCUT2D eigenvalue weighted by Gasteiger charge is -2.06. The molecule has 0 saturated carbocycles. The fraction of sp³-hybridized carbons (Fsp3) is 0.500. The Kier molecular flexibility index (Phi) is 4.95. The van der Waals surface area contributed by atoms with Gasteiger partial charge in [-0.2, -0.15) is 0 Å². The largest absolute Gasteiger partial charge is 0.465 e. The lowest BCUT2D eigenvalue weighted by molar-refractivity contribution is 0.0606. The van der Waals surface area contributed by atoms with Crippen LogP contribution in [-0.2, 0) is 24.0 Å². The van der Waals surface area contributed by atoms with Crippen LogP contribution in [0.3, 0.4) is 0 Å². The number of ether oxygens (including phenoxy) is 1. The molecule has 0 atom stereocenters. The summed E-state index contributed by atoms with van der Waals surface area (Å²) in [6.07, 6.45) is 5.67. The van der Waals surface area contributed by atoms with E-state index in [1.807, 2.05) is 11.3 Å². The first-order valence-corrected chi connectivity index (χ1v) is 9.14. The van der Waals surface area contributed by atoms with Crippen molar-refractivity contribution in [1.29, 1.82) is 0 Å². The maximum absolute atomic E-state index is 11.5. The molecule has 8 heteroatoms. The first-order chi connectivity index (χ1) is 10.7. The Bertz CT molecular complexity index is 660. The van der Waals surface area contributed by atoms with E-state index in [2.05, 4.69) is 15.0 Å². The van der Waals surface area contributed by atoms with Gasteiger partial charge in [-0.05, 0) is 25.7 Å². The van der Waals surface area contributed by atoms with Gasteiger partial charge in [-0.1, -0.05) is 22.9 Å². The van der Waals surface area contributed by atoms with Gasteiger partial charge in [-0.15, -0.1) is 11.3 Å². The SMILES string of the molecule is COC(=O)c1sc(NCCc2nc3c(s2)CCCC3)nc1Cl. The summed E-state index contributed by atoms with van der Waals surface area (Å²) < 4.78 is 4.66. The number of nitrogens with one attached hydrogen (secondary N) is 1. The van der Waals surface area contributed by atoms with Crippen LogP contribution in [0.5, 0.6) is 0 Å². The van der Waals surface area contributed by atoms with Gasteiger partial charge in [-0.3, -0.25) is 0 Å². The number of methoxy groups -OCH3 is 1. The molecule has 0 fully saturated rings. The molecule has 0 aliphatic heterocycles. The number of fused-ring (bicyclic) bond motifs is 1. The first kappa shape index (κ1) is 15.7. The lowest BCUT2D eigenvalue weighted by Crippen LogP contribution is -2.04. The average Bonchev–Trinajstić information content (AvgIpc) is 3.09. The van der Waals surface area contributed by atoms with Crippen molar-refractivity contribution in [3.05, 3.63) is 25.6 Å². The number of nitrogens with zero attached hydrogens (tertiary/aromatic N) is 2. The molecule has 0 amide bonds. The number of hydrogen-bond acceptors (Lipinski definition) is 7. The van der Waals surface area contributed by atoms with Gasteiger partial charge < -0.3 is 10.1 Å². The maximum atomic E-state index is 11.5. The number of rotatable bonds is 5. The van der Waals surface area contributed by atoms with Crippen molar-refractivity contribution in [2.45, 2.75) is 32.1 Å². The predicted octanol–water partition coefficient (Wildman–Crippen LogP) is 3.57. The number of aryl methyl sites for hydroxylation is 2. The van der Waals surface area contributed by atoms with Gasteiger partial charge in [0, 0.05) is 17.8 Å². The summed E-state index contributed by atoms with van der Waals surface area (Å²) in [4.78, 5) is 22.1. The molecule has 2 heterocycles. The zero-order chi connectivity index (χ0) is 15.5. The van der Waals surface area contributed by atoms with Crippen molar-refractivity contribution in [3.63, 3.8) is 0 Å². The Morgan fingerprint density at radius 2 is 2.14 bits per heavy atom. The topological polar surface area (TPSA) is 64.1 Å². The smallest absolute Gasteiger partial charge is 0.351 e. The Hall–Kier alpha value is -1.18. The molecular formula is C14H16ClN3O2S2. The van der Waals surface area contributed by atoms with E-state index in [4.69, 9.17) is 16.6 Å². The number of anilines is 1. The minimum Gasteiger partial charge on any atom is -0.465 e. The van der Waals surface area contributed by atoms with Gasteiger partial charge in [0.1, 0.15) is 0 Å². The molecule has 2 aromatic heterocycles. The average molecular weight is 358 g/mol. The first-order valence-electron chi connectivity index (χ1n) is 7.13. The highest BCUT2D eigenvalue weighted by atomic mass is 35.5.